The van der Waals surface area contributed by atoms with Gasteiger partial charge in [-0.15, -0.1) is 0 Å². The molecule has 0 radical (unpaired) electrons. The summed E-state index contributed by atoms with van der Waals surface area (Å²) in [6.45, 7) is 5.62. The SMILES string of the molecule is CC(NC(=S)N1CCN(Cc2cccc(C(F)(F)F)c2)CC1)c1ccccc1. The summed E-state index contributed by atoms with van der Waals surface area (Å²) < 4.78 is 38.6. The zero-order chi connectivity index (χ0) is 20.1. The van der Waals surface area contributed by atoms with Crippen molar-refractivity contribution >= 4 is 17.3 Å². The van der Waals surface area contributed by atoms with Gasteiger partial charge < -0.3 is 10.2 Å². The molecule has 3 rings (SSSR count). The van der Waals surface area contributed by atoms with Gasteiger partial charge in [-0.2, -0.15) is 13.2 Å². The van der Waals surface area contributed by atoms with E-state index in [9.17, 15) is 13.2 Å². The maximum atomic E-state index is 12.9. The molecule has 0 aromatic heterocycles. The summed E-state index contributed by atoms with van der Waals surface area (Å²) in [5, 5.41) is 4.09. The quantitative estimate of drug-likeness (QED) is 0.754. The smallest absolute Gasteiger partial charge is 0.356 e. The Labute approximate surface area is 169 Å². The molecule has 1 aliphatic rings. The molecule has 2 aromatic rings. The molecule has 2 aromatic carbocycles. The van der Waals surface area contributed by atoms with E-state index < -0.39 is 11.7 Å². The first-order valence-corrected chi connectivity index (χ1v) is 9.72. The molecule has 0 saturated carbocycles. The molecular formula is C21H24F3N3S. The molecule has 1 heterocycles. The van der Waals surface area contributed by atoms with Crippen molar-refractivity contribution in [2.75, 3.05) is 26.2 Å². The van der Waals surface area contributed by atoms with Gasteiger partial charge in [0.25, 0.3) is 0 Å². The maximum Gasteiger partial charge on any atom is 0.416 e. The summed E-state index contributed by atoms with van der Waals surface area (Å²) in [4.78, 5) is 4.28. The van der Waals surface area contributed by atoms with Gasteiger partial charge in [0.2, 0.25) is 0 Å². The number of nitrogens with one attached hydrogen (secondary N) is 1. The number of rotatable bonds is 4. The second-order valence-corrected chi connectivity index (χ2v) is 7.43. The van der Waals surface area contributed by atoms with E-state index in [1.807, 2.05) is 18.2 Å². The molecule has 1 atom stereocenters. The van der Waals surface area contributed by atoms with E-state index in [1.54, 1.807) is 6.07 Å². The van der Waals surface area contributed by atoms with Crippen LogP contribution in [0.3, 0.4) is 0 Å². The highest BCUT2D eigenvalue weighted by atomic mass is 32.1. The van der Waals surface area contributed by atoms with Gasteiger partial charge in [0, 0.05) is 32.7 Å². The summed E-state index contributed by atoms with van der Waals surface area (Å²) in [6, 6.07) is 15.8. The molecule has 0 aliphatic carbocycles. The number of hydrogen-bond donors (Lipinski definition) is 1. The Hall–Kier alpha value is -2.12. The third-order valence-corrected chi connectivity index (χ3v) is 5.34. The van der Waals surface area contributed by atoms with Crippen molar-refractivity contribution in [2.45, 2.75) is 25.7 Å². The number of alkyl halides is 3. The van der Waals surface area contributed by atoms with Gasteiger partial charge in [-0.3, -0.25) is 4.90 Å². The first kappa shape index (κ1) is 20.6. The molecule has 1 saturated heterocycles. The Morgan fingerprint density at radius 3 is 2.36 bits per heavy atom. The van der Waals surface area contributed by atoms with Crippen LogP contribution >= 0.6 is 12.2 Å². The van der Waals surface area contributed by atoms with Crippen LogP contribution < -0.4 is 5.32 Å². The lowest BCUT2D eigenvalue weighted by Gasteiger charge is -2.37. The van der Waals surface area contributed by atoms with Crippen molar-refractivity contribution in [3.05, 3.63) is 71.3 Å². The van der Waals surface area contributed by atoms with E-state index in [1.165, 1.54) is 17.7 Å². The predicted octanol–water partition coefficient (Wildman–Crippen LogP) is 4.46. The lowest BCUT2D eigenvalue weighted by Crippen LogP contribution is -2.51. The van der Waals surface area contributed by atoms with Crippen LogP contribution in [0.1, 0.15) is 29.7 Å². The lowest BCUT2D eigenvalue weighted by atomic mass is 10.1. The number of halogens is 3. The third-order valence-electron chi connectivity index (χ3n) is 4.96. The lowest BCUT2D eigenvalue weighted by molar-refractivity contribution is -0.137. The highest BCUT2D eigenvalue weighted by Crippen LogP contribution is 2.29. The minimum Gasteiger partial charge on any atom is -0.356 e. The third kappa shape index (κ3) is 5.45. The van der Waals surface area contributed by atoms with E-state index >= 15 is 0 Å². The normalized spacial score (nSPS) is 16.6. The topological polar surface area (TPSA) is 18.5 Å². The van der Waals surface area contributed by atoms with E-state index in [0.717, 1.165) is 37.4 Å². The molecule has 0 spiro atoms. The molecule has 28 heavy (non-hydrogen) atoms. The molecule has 3 nitrogen and oxygen atoms in total. The van der Waals surface area contributed by atoms with Crippen LogP contribution in [0.4, 0.5) is 13.2 Å². The second kappa shape index (κ2) is 8.92. The molecule has 0 amide bonds. The predicted molar refractivity (Wildman–Crippen MR) is 109 cm³/mol. The zero-order valence-corrected chi connectivity index (χ0v) is 16.6. The van der Waals surface area contributed by atoms with Crippen LogP contribution in [0.5, 0.6) is 0 Å². The van der Waals surface area contributed by atoms with E-state index in [2.05, 4.69) is 34.2 Å². The number of hydrogen-bond acceptors (Lipinski definition) is 2. The van der Waals surface area contributed by atoms with Crippen LogP contribution in [-0.2, 0) is 12.7 Å². The Kier molecular flexibility index (Phi) is 6.57. The Balaban J connectivity index is 1.50. The van der Waals surface area contributed by atoms with Crippen molar-refractivity contribution in [3.63, 3.8) is 0 Å². The van der Waals surface area contributed by atoms with Crippen molar-refractivity contribution in [1.82, 2.24) is 15.1 Å². The first-order valence-electron chi connectivity index (χ1n) is 9.32. The average Bonchev–Trinajstić information content (AvgIpc) is 2.69. The van der Waals surface area contributed by atoms with Crippen LogP contribution in [0.2, 0.25) is 0 Å². The van der Waals surface area contributed by atoms with Crippen LogP contribution in [0.15, 0.2) is 54.6 Å². The summed E-state index contributed by atoms with van der Waals surface area (Å²) in [5.74, 6) is 0. The van der Waals surface area contributed by atoms with Crippen molar-refractivity contribution < 1.29 is 13.2 Å². The average molecular weight is 408 g/mol. The summed E-state index contributed by atoms with van der Waals surface area (Å²) in [5.41, 5.74) is 1.26. The molecule has 1 unspecified atom stereocenters. The number of thiocarbonyl (C=S) groups is 1. The molecule has 0 bridgehead atoms. The van der Waals surface area contributed by atoms with Crippen molar-refractivity contribution in [2.24, 2.45) is 0 Å². The van der Waals surface area contributed by atoms with Crippen LogP contribution in [0, 0.1) is 0 Å². The monoisotopic (exact) mass is 407 g/mol. The number of benzene rings is 2. The number of piperazine rings is 1. The van der Waals surface area contributed by atoms with Crippen molar-refractivity contribution in [3.8, 4) is 0 Å². The van der Waals surface area contributed by atoms with Gasteiger partial charge in [0.1, 0.15) is 0 Å². The van der Waals surface area contributed by atoms with Crippen LogP contribution in [0.25, 0.3) is 0 Å². The Bertz CT molecular complexity index is 787. The highest BCUT2D eigenvalue weighted by molar-refractivity contribution is 7.80. The summed E-state index contributed by atoms with van der Waals surface area (Å²) in [6.07, 6.45) is -4.30. The molecule has 1 fully saturated rings. The minimum absolute atomic E-state index is 0.122. The fourth-order valence-electron chi connectivity index (χ4n) is 3.31. The van der Waals surface area contributed by atoms with E-state index in [-0.39, 0.29) is 6.04 Å². The van der Waals surface area contributed by atoms with Gasteiger partial charge in [0.05, 0.1) is 11.6 Å². The molecule has 7 heteroatoms. The molecular weight excluding hydrogens is 383 g/mol. The Morgan fingerprint density at radius 2 is 1.71 bits per heavy atom. The number of nitrogens with zero attached hydrogens (tertiary/aromatic N) is 2. The molecule has 1 N–H and O–H groups in total. The Morgan fingerprint density at radius 1 is 1.04 bits per heavy atom. The largest absolute Gasteiger partial charge is 0.416 e. The fourth-order valence-corrected chi connectivity index (χ4v) is 3.67. The van der Waals surface area contributed by atoms with Gasteiger partial charge in [0.15, 0.2) is 5.11 Å². The van der Waals surface area contributed by atoms with E-state index in [0.29, 0.717) is 12.1 Å². The maximum absolute atomic E-state index is 12.9. The van der Waals surface area contributed by atoms with Gasteiger partial charge in [-0.1, -0.05) is 48.5 Å². The summed E-state index contributed by atoms with van der Waals surface area (Å²) in [7, 11) is 0. The fraction of sp³-hybridized carbons (Fsp3) is 0.381. The zero-order valence-electron chi connectivity index (χ0n) is 15.7. The molecule has 1 aliphatic heterocycles. The van der Waals surface area contributed by atoms with Crippen molar-refractivity contribution in [1.29, 1.82) is 0 Å². The standard InChI is InChI=1S/C21H24F3N3S/c1-16(18-7-3-2-4-8-18)25-20(28)27-12-10-26(11-13-27)15-17-6-5-9-19(14-17)21(22,23)24/h2-9,14,16H,10-13,15H2,1H3,(H,25,28). The summed E-state index contributed by atoms with van der Waals surface area (Å²) >= 11 is 5.55. The first-order chi connectivity index (χ1) is 13.3. The van der Waals surface area contributed by atoms with Gasteiger partial charge >= 0.3 is 6.18 Å². The van der Waals surface area contributed by atoms with Gasteiger partial charge in [-0.05, 0) is 36.3 Å². The highest BCUT2D eigenvalue weighted by Gasteiger charge is 2.30. The van der Waals surface area contributed by atoms with Gasteiger partial charge in [-0.25, -0.2) is 0 Å². The second-order valence-electron chi connectivity index (χ2n) is 7.04. The van der Waals surface area contributed by atoms with E-state index in [4.69, 9.17) is 12.2 Å². The minimum atomic E-state index is -4.30. The molecule has 150 valence electrons. The van der Waals surface area contributed by atoms with Crippen LogP contribution in [-0.4, -0.2) is 41.1 Å².